The zero-order valence-corrected chi connectivity index (χ0v) is 8.56. The summed E-state index contributed by atoms with van der Waals surface area (Å²) >= 11 is 0. The second-order valence-electron chi connectivity index (χ2n) is 3.42. The van der Waals surface area contributed by atoms with E-state index in [2.05, 4.69) is 15.4 Å². The number of nitrogens with two attached hydrogens (primary N) is 1. The first-order chi connectivity index (χ1) is 7.28. The Bertz CT molecular complexity index is 339. The molecule has 1 fully saturated rings. The maximum absolute atomic E-state index is 5.63. The van der Waals surface area contributed by atoms with Gasteiger partial charge in [0.25, 0.3) is 0 Å². The van der Waals surface area contributed by atoms with Gasteiger partial charge in [-0.1, -0.05) is 0 Å². The maximum atomic E-state index is 5.63. The fourth-order valence-corrected chi connectivity index (χ4v) is 1.44. The summed E-state index contributed by atoms with van der Waals surface area (Å²) in [5, 5.41) is 0. The molecule has 0 amide bonds. The summed E-state index contributed by atoms with van der Waals surface area (Å²) in [5.74, 6) is 6.14. The highest BCUT2D eigenvalue weighted by Gasteiger charge is 2.18. The van der Waals surface area contributed by atoms with Gasteiger partial charge in [-0.2, -0.15) is 4.98 Å². The van der Waals surface area contributed by atoms with Crippen LogP contribution in [-0.4, -0.2) is 29.3 Å². The van der Waals surface area contributed by atoms with Crippen molar-refractivity contribution in [2.24, 2.45) is 5.84 Å². The van der Waals surface area contributed by atoms with Crippen LogP contribution in [0.1, 0.15) is 12.1 Å². The quantitative estimate of drug-likeness (QED) is 0.549. The molecule has 1 atom stereocenters. The van der Waals surface area contributed by atoms with Gasteiger partial charge in [0.1, 0.15) is 6.10 Å². The van der Waals surface area contributed by atoms with Gasteiger partial charge in [0.15, 0.2) is 0 Å². The van der Waals surface area contributed by atoms with Crippen LogP contribution in [0.3, 0.4) is 0 Å². The van der Waals surface area contributed by atoms with Crippen LogP contribution in [-0.2, 0) is 4.74 Å². The zero-order chi connectivity index (χ0) is 10.7. The molecule has 0 radical (unpaired) electrons. The van der Waals surface area contributed by atoms with Crippen molar-refractivity contribution in [3.63, 3.8) is 0 Å². The van der Waals surface area contributed by atoms with Crippen LogP contribution in [0.15, 0.2) is 6.07 Å². The van der Waals surface area contributed by atoms with Gasteiger partial charge in [-0.25, -0.2) is 10.8 Å². The SMILES string of the molecule is Cc1cc(OC2CCOC2)nc(NN)n1. The highest BCUT2D eigenvalue weighted by molar-refractivity contribution is 5.29. The van der Waals surface area contributed by atoms with Crippen molar-refractivity contribution in [3.8, 4) is 5.88 Å². The highest BCUT2D eigenvalue weighted by atomic mass is 16.5. The fraction of sp³-hybridized carbons (Fsp3) is 0.556. The number of anilines is 1. The van der Waals surface area contributed by atoms with Crippen molar-refractivity contribution in [1.29, 1.82) is 0 Å². The monoisotopic (exact) mass is 210 g/mol. The van der Waals surface area contributed by atoms with E-state index in [0.717, 1.165) is 18.7 Å². The summed E-state index contributed by atoms with van der Waals surface area (Å²) in [6, 6.07) is 1.78. The highest BCUT2D eigenvalue weighted by Crippen LogP contribution is 2.16. The summed E-state index contributed by atoms with van der Waals surface area (Å²) in [6.07, 6.45) is 0.985. The Balaban J connectivity index is 2.09. The number of nitrogen functional groups attached to an aromatic ring is 1. The van der Waals surface area contributed by atoms with Crippen LogP contribution in [0.4, 0.5) is 5.95 Å². The maximum Gasteiger partial charge on any atom is 0.240 e. The molecule has 1 unspecified atom stereocenters. The predicted octanol–water partition coefficient (Wildman–Crippen LogP) is 0.238. The van der Waals surface area contributed by atoms with Crippen molar-refractivity contribution in [3.05, 3.63) is 11.8 Å². The van der Waals surface area contributed by atoms with Gasteiger partial charge in [-0.15, -0.1) is 0 Å². The molecule has 82 valence electrons. The summed E-state index contributed by atoms with van der Waals surface area (Å²) in [5.41, 5.74) is 3.21. The lowest BCUT2D eigenvalue weighted by atomic mass is 10.3. The van der Waals surface area contributed by atoms with E-state index >= 15 is 0 Å². The molecular weight excluding hydrogens is 196 g/mol. The number of rotatable bonds is 3. The molecule has 1 saturated heterocycles. The first-order valence-electron chi connectivity index (χ1n) is 4.84. The Labute approximate surface area is 87.8 Å². The van der Waals surface area contributed by atoms with Gasteiger partial charge in [-0.3, -0.25) is 5.43 Å². The summed E-state index contributed by atoms with van der Waals surface area (Å²) in [6.45, 7) is 3.23. The smallest absolute Gasteiger partial charge is 0.240 e. The molecule has 0 spiro atoms. The van der Waals surface area contributed by atoms with Gasteiger partial charge < -0.3 is 9.47 Å². The van der Waals surface area contributed by atoms with E-state index in [-0.39, 0.29) is 6.10 Å². The molecule has 0 aliphatic carbocycles. The molecule has 2 rings (SSSR count). The van der Waals surface area contributed by atoms with Crippen LogP contribution < -0.4 is 16.0 Å². The van der Waals surface area contributed by atoms with Gasteiger partial charge in [-0.05, 0) is 6.92 Å². The van der Waals surface area contributed by atoms with E-state index in [1.54, 1.807) is 6.07 Å². The van der Waals surface area contributed by atoms with Crippen molar-refractivity contribution in [2.75, 3.05) is 18.6 Å². The van der Waals surface area contributed by atoms with E-state index in [0.29, 0.717) is 18.4 Å². The Hall–Kier alpha value is -1.40. The molecule has 1 aliphatic rings. The van der Waals surface area contributed by atoms with Crippen molar-refractivity contribution in [1.82, 2.24) is 9.97 Å². The summed E-state index contributed by atoms with van der Waals surface area (Å²) in [7, 11) is 0. The van der Waals surface area contributed by atoms with Crippen LogP contribution in [0, 0.1) is 6.92 Å². The molecule has 1 aliphatic heterocycles. The summed E-state index contributed by atoms with van der Waals surface area (Å²) < 4.78 is 10.8. The average molecular weight is 210 g/mol. The van der Waals surface area contributed by atoms with Crippen LogP contribution in [0.5, 0.6) is 5.88 Å². The fourth-order valence-electron chi connectivity index (χ4n) is 1.44. The molecule has 0 bridgehead atoms. The molecule has 6 heteroatoms. The number of aryl methyl sites for hydroxylation is 1. The lowest BCUT2D eigenvalue weighted by molar-refractivity contribution is 0.138. The van der Waals surface area contributed by atoms with Gasteiger partial charge >= 0.3 is 0 Å². The van der Waals surface area contributed by atoms with E-state index < -0.39 is 0 Å². The average Bonchev–Trinajstić information content (AvgIpc) is 2.69. The largest absolute Gasteiger partial charge is 0.472 e. The number of hydrogen-bond donors (Lipinski definition) is 2. The van der Waals surface area contributed by atoms with E-state index in [1.165, 1.54) is 0 Å². The number of aromatic nitrogens is 2. The van der Waals surface area contributed by atoms with Crippen LogP contribution in [0.25, 0.3) is 0 Å². The number of hydrazine groups is 1. The Kier molecular flexibility index (Phi) is 2.98. The molecule has 2 heterocycles. The van der Waals surface area contributed by atoms with Gasteiger partial charge in [0.05, 0.1) is 13.2 Å². The Morgan fingerprint density at radius 1 is 1.60 bits per heavy atom. The number of nitrogens with one attached hydrogen (secondary N) is 1. The zero-order valence-electron chi connectivity index (χ0n) is 8.56. The molecule has 6 nitrogen and oxygen atoms in total. The second-order valence-corrected chi connectivity index (χ2v) is 3.42. The molecule has 0 aromatic carbocycles. The lowest BCUT2D eigenvalue weighted by Gasteiger charge is -2.11. The van der Waals surface area contributed by atoms with E-state index in [1.807, 2.05) is 6.92 Å². The van der Waals surface area contributed by atoms with Gasteiger partial charge in [0.2, 0.25) is 11.8 Å². The molecule has 1 aromatic heterocycles. The Morgan fingerprint density at radius 3 is 3.13 bits per heavy atom. The first-order valence-corrected chi connectivity index (χ1v) is 4.84. The molecule has 3 N–H and O–H groups in total. The predicted molar refractivity (Wildman–Crippen MR) is 54.4 cm³/mol. The minimum absolute atomic E-state index is 0.0879. The number of hydrogen-bond acceptors (Lipinski definition) is 6. The third kappa shape index (κ3) is 2.54. The number of nitrogens with zero attached hydrogens (tertiary/aromatic N) is 2. The second kappa shape index (κ2) is 4.41. The topological polar surface area (TPSA) is 82.3 Å². The van der Waals surface area contributed by atoms with Crippen LogP contribution >= 0.6 is 0 Å². The van der Waals surface area contributed by atoms with Crippen molar-refractivity contribution >= 4 is 5.95 Å². The molecule has 1 aromatic rings. The van der Waals surface area contributed by atoms with E-state index in [9.17, 15) is 0 Å². The van der Waals surface area contributed by atoms with Crippen LogP contribution in [0.2, 0.25) is 0 Å². The minimum atomic E-state index is 0.0879. The molecule has 15 heavy (non-hydrogen) atoms. The third-order valence-corrected chi connectivity index (χ3v) is 2.14. The lowest BCUT2D eigenvalue weighted by Crippen LogP contribution is -2.18. The molecule has 0 saturated carbocycles. The number of ether oxygens (including phenoxy) is 2. The van der Waals surface area contributed by atoms with Crippen molar-refractivity contribution in [2.45, 2.75) is 19.4 Å². The standard InChI is InChI=1S/C9H14N4O2/c1-6-4-8(12-9(11-6)13-10)15-7-2-3-14-5-7/h4,7H,2-3,5,10H2,1H3,(H,11,12,13). The van der Waals surface area contributed by atoms with E-state index in [4.69, 9.17) is 15.3 Å². The third-order valence-electron chi connectivity index (χ3n) is 2.14. The molecular formula is C9H14N4O2. The first kappa shape index (κ1) is 10.1. The summed E-state index contributed by atoms with van der Waals surface area (Å²) in [4.78, 5) is 8.16. The minimum Gasteiger partial charge on any atom is -0.472 e. The van der Waals surface area contributed by atoms with Gasteiger partial charge in [0, 0.05) is 18.2 Å². The Morgan fingerprint density at radius 2 is 2.47 bits per heavy atom. The normalized spacial score (nSPS) is 20.3. The van der Waals surface area contributed by atoms with Crippen molar-refractivity contribution < 1.29 is 9.47 Å².